The minimum atomic E-state index is -1.18. The van der Waals surface area contributed by atoms with Crippen LogP contribution in [0.25, 0.3) is 0 Å². The molecular formula is C27H51NNa2O6S. The fraction of sp³-hybridized carbons (Fsp3) is 0.815. The van der Waals surface area contributed by atoms with Gasteiger partial charge in [0, 0.05) is 11.5 Å². The summed E-state index contributed by atoms with van der Waals surface area (Å²) in [5, 5.41) is 20.1. The summed E-state index contributed by atoms with van der Waals surface area (Å²) in [6.45, 7) is 10.4. The third-order valence-corrected chi connectivity index (χ3v) is 7.04. The molecule has 0 aromatic rings. The van der Waals surface area contributed by atoms with E-state index in [1.54, 1.807) is 0 Å². The Morgan fingerprint density at radius 3 is 1.92 bits per heavy atom. The summed E-state index contributed by atoms with van der Waals surface area (Å²) in [6.07, 6.45) is 13.6. The van der Waals surface area contributed by atoms with E-state index < -0.39 is 37.1 Å². The molecule has 37 heavy (non-hydrogen) atoms. The van der Waals surface area contributed by atoms with E-state index >= 15 is 0 Å². The molecule has 0 aromatic heterocycles. The van der Waals surface area contributed by atoms with Crippen molar-refractivity contribution in [3.63, 3.8) is 0 Å². The maximum absolute atomic E-state index is 11.7. The number of carbonyl (C=O) groups is 3. The van der Waals surface area contributed by atoms with Crippen LogP contribution in [0.15, 0.2) is 11.6 Å². The number of allylic oxidation sites excluding steroid dienone is 1. The molecule has 0 spiro atoms. The van der Waals surface area contributed by atoms with Crippen LogP contribution in [0.5, 0.6) is 0 Å². The van der Waals surface area contributed by atoms with Gasteiger partial charge in [-0.1, -0.05) is 84.3 Å². The molecule has 7 nitrogen and oxygen atoms in total. The van der Waals surface area contributed by atoms with E-state index in [4.69, 9.17) is 5.11 Å². The van der Waals surface area contributed by atoms with Crippen molar-refractivity contribution < 1.29 is 29.3 Å². The summed E-state index contributed by atoms with van der Waals surface area (Å²) < 4.78 is 4.68. The van der Waals surface area contributed by atoms with Crippen molar-refractivity contribution in [1.82, 2.24) is 5.32 Å². The van der Waals surface area contributed by atoms with Gasteiger partial charge in [-0.25, -0.2) is 9.59 Å². The number of rotatable bonds is 22. The SMILES string of the molecule is C/C(=C\CSC[C@H](NC(=O)COCC(=O)O)C(=O)O)CCCC(C)CCCC(C)CCCC(C)C.[NaH].[NaH]. The van der Waals surface area contributed by atoms with E-state index in [0.29, 0.717) is 5.75 Å². The molecule has 10 heteroatoms. The predicted octanol–water partition coefficient (Wildman–Crippen LogP) is 4.48. The van der Waals surface area contributed by atoms with Gasteiger partial charge in [0.25, 0.3) is 0 Å². The Hall–Kier alpha value is 0.460. The van der Waals surface area contributed by atoms with Crippen molar-refractivity contribution in [2.75, 3.05) is 24.7 Å². The Morgan fingerprint density at radius 2 is 1.41 bits per heavy atom. The monoisotopic (exact) mass is 563 g/mol. The number of ether oxygens (including phenoxy) is 1. The number of hydrogen-bond donors (Lipinski definition) is 3. The van der Waals surface area contributed by atoms with Crippen LogP contribution in [0.4, 0.5) is 0 Å². The van der Waals surface area contributed by atoms with Crippen molar-refractivity contribution >= 4 is 88.7 Å². The average Bonchev–Trinajstić information content (AvgIpc) is 2.75. The molecule has 0 bridgehead atoms. The zero-order chi connectivity index (χ0) is 26.6. The molecule has 0 saturated heterocycles. The van der Waals surface area contributed by atoms with Crippen LogP contribution in [0.3, 0.4) is 0 Å². The third-order valence-electron chi connectivity index (χ3n) is 6.07. The number of aliphatic carboxylic acids is 2. The Bertz CT molecular complexity index is 648. The number of carboxylic acids is 2. The van der Waals surface area contributed by atoms with Gasteiger partial charge in [-0.3, -0.25) is 4.79 Å². The molecule has 3 atom stereocenters. The molecule has 0 rings (SSSR count). The molecule has 0 aliphatic carbocycles. The summed E-state index contributed by atoms with van der Waals surface area (Å²) >= 11 is 1.44. The topological polar surface area (TPSA) is 113 Å². The molecule has 0 radical (unpaired) electrons. The first-order valence-electron chi connectivity index (χ1n) is 13.1. The van der Waals surface area contributed by atoms with E-state index in [2.05, 4.69) is 50.7 Å². The molecule has 1 amide bonds. The van der Waals surface area contributed by atoms with Gasteiger partial charge < -0.3 is 20.3 Å². The van der Waals surface area contributed by atoms with Gasteiger partial charge >= 0.3 is 71.1 Å². The molecule has 2 unspecified atom stereocenters. The van der Waals surface area contributed by atoms with Gasteiger partial charge in [0.15, 0.2) is 0 Å². The zero-order valence-electron chi connectivity index (χ0n) is 22.5. The van der Waals surface area contributed by atoms with Crippen LogP contribution in [-0.2, 0) is 19.1 Å². The zero-order valence-corrected chi connectivity index (χ0v) is 23.3. The van der Waals surface area contributed by atoms with E-state index in [1.165, 1.54) is 68.7 Å². The van der Waals surface area contributed by atoms with E-state index in [9.17, 15) is 19.5 Å². The van der Waals surface area contributed by atoms with Gasteiger partial charge in [0.05, 0.1) is 0 Å². The van der Waals surface area contributed by atoms with Crippen molar-refractivity contribution in [2.24, 2.45) is 17.8 Å². The van der Waals surface area contributed by atoms with Gasteiger partial charge in [0.1, 0.15) is 19.3 Å². The fourth-order valence-electron chi connectivity index (χ4n) is 3.84. The molecule has 0 aliphatic heterocycles. The van der Waals surface area contributed by atoms with Gasteiger partial charge in [-0.2, -0.15) is 11.8 Å². The second kappa shape index (κ2) is 26.7. The van der Waals surface area contributed by atoms with Crippen LogP contribution < -0.4 is 5.32 Å². The maximum atomic E-state index is 11.7. The van der Waals surface area contributed by atoms with Crippen molar-refractivity contribution in [2.45, 2.75) is 98.4 Å². The number of nitrogens with one attached hydrogen (secondary N) is 1. The Morgan fingerprint density at radius 1 is 0.865 bits per heavy atom. The normalized spacial score (nSPS) is 13.7. The standard InChI is InChI=1S/C27H49NO6S.2Na.2H/c1-20(2)9-6-10-21(3)11-7-12-22(4)13-8-14-23(5)15-16-35-19-24(27(32)33)28-25(29)17-34-18-26(30)31;;;;/h15,20-22,24H,6-14,16-19H2,1-5H3,(H,28,29)(H,30,31)(H,32,33);;;;/b23-15+;;;;/t21?,22?,24-;;;;/m0..../s1. The van der Waals surface area contributed by atoms with E-state index in [1.807, 2.05) is 0 Å². The molecule has 0 heterocycles. The number of thioether (sulfide) groups is 1. The summed E-state index contributed by atoms with van der Waals surface area (Å²) in [5.74, 6) is 0.373. The summed E-state index contributed by atoms with van der Waals surface area (Å²) in [6, 6.07) is -1.03. The molecule has 0 aromatic carbocycles. The second-order valence-electron chi connectivity index (χ2n) is 10.3. The molecular weight excluding hydrogens is 512 g/mol. The first-order chi connectivity index (χ1) is 16.5. The molecule has 0 saturated carbocycles. The molecule has 0 fully saturated rings. The van der Waals surface area contributed by atoms with Gasteiger partial charge in [-0.15, -0.1) is 0 Å². The fourth-order valence-corrected chi connectivity index (χ4v) is 4.84. The van der Waals surface area contributed by atoms with Crippen LogP contribution in [0, 0.1) is 17.8 Å². The van der Waals surface area contributed by atoms with Crippen LogP contribution >= 0.6 is 11.8 Å². The number of hydrogen-bond acceptors (Lipinski definition) is 5. The Kier molecular flexibility index (Phi) is 30.2. The van der Waals surface area contributed by atoms with E-state index in [-0.39, 0.29) is 64.9 Å². The number of carbonyl (C=O) groups excluding carboxylic acids is 1. The molecule has 0 aliphatic rings. The van der Waals surface area contributed by atoms with Gasteiger partial charge in [0.2, 0.25) is 5.91 Å². The minimum absolute atomic E-state index is 0. The Balaban J connectivity index is -0.00000578. The first kappa shape index (κ1) is 41.9. The first-order valence-corrected chi connectivity index (χ1v) is 14.2. The second-order valence-corrected chi connectivity index (χ2v) is 11.4. The summed E-state index contributed by atoms with van der Waals surface area (Å²) in [7, 11) is 0. The molecule has 208 valence electrons. The average molecular weight is 564 g/mol. The molecule has 3 N–H and O–H groups in total. The van der Waals surface area contributed by atoms with E-state index in [0.717, 1.165) is 24.2 Å². The quantitative estimate of drug-likeness (QED) is 0.101. The van der Waals surface area contributed by atoms with Crippen molar-refractivity contribution in [3.05, 3.63) is 11.6 Å². The number of carboxylic acid groups (broad SMARTS) is 2. The Labute approximate surface area is 273 Å². The van der Waals surface area contributed by atoms with Crippen LogP contribution in [-0.4, -0.2) is 118 Å². The van der Waals surface area contributed by atoms with Crippen LogP contribution in [0.1, 0.15) is 92.4 Å². The summed E-state index contributed by atoms with van der Waals surface area (Å²) in [5.41, 5.74) is 1.31. The van der Waals surface area contributed by atoms with Crippen LogP contribution in [0.2, 0.25) is 0 Å². The number of amides is 1. The third kappa shape index (κ3) is 27.8. The van der Waals surface area contributed by atoms with Crippen molar-refractivity contribution in [3.8, 4) is 0 Å². The predicted molar refractivity (Wildman–Crippen MR) is 158 cm³/mol. The van der Waals surface area contributed by atoms with Gasteiger partial charge in [-0.05, 0) is 37.5 Å². The van der Waals surface area contributed by atoms with Crippen molar-refractivity contribution in [1.29, 1.82) is 0 Å². The summed E-state index contributed by atoms with van der Waals surface area (Å²) in [4.78, 5) is 33.4.